The molecule has 0 atom stereocenters. The molecular weight excluding hydrogens is 410 g/mol. The van der Waals surface area contributed by atoms with E-state index in [4.69, 9.17) is 9.88 Å². The molecule has 0 aliphatic rings. The second-order valence-corrected chi connectivity index (χ2v) is 9.06. The molecule has 2 aromatic carbocycles. The van der Waals surface area contributed by atoms with Gasteiger partial charge in [-0.1, -0.05) is 23.8 Å². The quantitative estimate of drug-likeness (QED) is 0.597. The molecule has 0 spiro atoms. The number of carbonyl (C=O) groups is 1. The molecule has 152 valence electrons. The van der Waals surface area contributed by atoms with Crippen LogP contribution in [0.3, 0.4) is 0 Å². The van der Waals surface area contributed by atoms with Gasteiger partial charge in [0, 0.05) is 11.1 Å². The minimum Gasteiger partial charge on any atom is -0.486 e. The van der Waals surface area contributed by atoms with Crippen LogP contribution in [0.2, 0.25) is 0 Å². The van der Waals surface area contributed by atoms with Gasteiger partial charge in [0.25, 0.3) is 0 Å². The molecule has 0 saturated heterocycles. The predicted octanol–water partition coefficient (Wildman–Crippen LogP) is 3.17. The van der Waals surface area contributed by atoms with Crippen LogP contribution in [0, 0.1) is 13.8 Å². The summed E-state index contributed by atoms with van der Waals surface area (Å²) < 4.78 is 28.9. The van der Waals surface area contributed by atoms with Crippen LogP contribution in [0.25, 0.3) is 0 Å². The third-order valence-electron chi connectivity index (χ3n) is 4.10. The first-order chi connectivity index (χ1) is 13.7. The largest absolute Gasteiger partial charge is 0.486 e. The molecule has 1 aromatic heterocycles. The fraction of sp³-hybridized carbons (Fsp3) is 0.200. The highest BCUT2D eigenvalue weighted by Gasteiger charge is 2.14. The summed E-state index contributed by atoms with van der Waals surface area (Å²) in [4.78, 5) is 16.7. The van der Waals surface area contributed by atoms with Gasteiger partial charge in [0.05, 0.1) is 17.0 Å². The van der Waals surface area contributed by atoms with Crippen molar-refractivity contribution in [2.24, 2.45) is 5.14 Å². The number of aromatic nitrogens is 1. The average molecular weight is 432 g/mol. The summed E-state index contributed by atoms with van der Waals surface area (Å²) in [6, 6.07) is 12.3. The third kappa shape index (κ3) is 5.86. The number of sulfonamides is 1. The maximum absolute atomic E-state index is 12.3. The van der Waals surface area contributed by atoms with Crippen LogP contribution < -0.4 is 15.2 Å². The summed E-state index contributed by atoms with van der Waals surface area (Å²) in [5, 5.41) is 10.4. The zero-order valence-corrected chi connectivity index (χ0v) is 17.6. The van der Waals surface area contributed by atoms with Crippen molar-refractivity contribution in [2.75, 3.05) is 5.32 Å². The van der Waals surface area contributed by atoms with Crippen molar-refractivity contribution in [3.8, 4) is 5.75 Å². The van der Waals surface area contributed by atoms with Gasteiger partial charge in [0.1, 0.15) is 17.4 Å². The van der Waals surface area contributed by atoms with E-state index in [-0.39, 0.29) is 17.2 Å². The highest BCUT2D eigenvalue weighted by molar-refractivity contribution is 7.89. The number of nitrogens with zero attached hydrogens (tertiary/aromatic N) is 1. The van der Waals surface area contributed by atoms with Crippen molar-refractivity contribution in [3.05, 3.63) is 69.7 Å². The minimum atomic E-state index is -3.85. The molecule has 0 aliphatic heterocycles. The first kappa shape index (κ1) is 21.0. The maximum Gasteiger partial charge on any atom is 0.238 e. The smallest absolute Gasteiger partial charge is 0.238 e. The van der Waals surface area contributed by atoms with E-state index < -0.39 is 10.0 Å². The van der Waals surface area contributed by atoms with E-state index in [2.05, 4.69) is 10.3 Å². The lowest BCUT2D eigenvalue weighted by molar-refractivity contribution is -0.115. The van der Waals surface area contributed by atoms with E-state index in [0.29, 0.717) is 23.6 Å². The summed E-state index contributed by atoms with van der Waals surface area (Å²) in [6.45, 7) is 3.97. The van der Waals surface area contributed by atoms with Crippen LogP contribution in [-0.4, -0.2) is 19.3 Å². The van der Waals surface area contributed by atoms with Crippen LogP contribution in [0.15, 0.2) is 52.7 Å². The number of nitrogens with one attached hydrogen (secondary N) is 1. The second kappa shape index (κ2) is 8.73. The van der Waals surface area contributed by atoms with Crippen molar-refractivity contribution in [1.29, 1.82) is 0 Å². The number of nitrogens with two attached hydrogens (primary N) is 1. The lowest BCUT2D eigenvalue weighted by Crippen LogP contribution is -2.17. The van der Waals surface area contributed by atoms with Crippen LogP contribution in [0.5, 0.6) is 5.75 Å². The monoisotopic (exact) mass is 431 g/mol. The Bertz CT molecular complexity index is 1120. The molecule has 0 aliphatic carbocycles. The first-order valence-electron chi connectivity index (χ1n) is 8.77. The Morgan fingerprint density at radius 2 is 1.90 bits per heavy atom. The van der Waals surface area contributed by atoms with Crippen LogP contribution in [-0.2, 0) is 27.8 Å². The molecule has 1 heterocycles. The number of thiazole rings is 1. The van der Waals surface area contributed by atoms with Gasteiger partial charge in [0.15, 0.2) is 0 Å². The zero-order chi connectivity index (χ0) is 21.0. The molecule has 0 unspecified atom stereocenters. The van der Waals surface area contributed by atoms with Crippen molar-refractivity contribution in [3.63, 3.8) is 0 Å². The summed E-state index contributed by atoms with van der Waals surface area (Å²) in [5.74, 6) is 0.459. The molecule has 0 bridgehead atoms. The highest BCUT2D eigenvalue weighted by Crippen LogP contribution is 2.20. The molecule has 9 heteroatoms. The second-order valence-electron chi connectivity index (χ2n) is 6.58. The standard InChI is InChI=1S/C20H21N3O4S2/c1-13-3-7-17(8-4-13)27-11-20-23-16(12-28-20)10-19(24)22-15-6-5-14(2)18(9-15)29(21,25)26/h3-9,12H,10-11H2,1-2H3,(H,22,24)(H2,21,25,26). The summed E-state index contributed by atoms with van der Waals surface area (Å²) in [7, 11) is -3.85. The van der Waals surface area contributed by atoms with Gasteiger partial charge in [-0.15, -0.1) is 11.3 Å². The number of primary sulfonamides is 1. The van der Waals surface area contributed by atoms with Crippen molar-refractivity contribution in [2.45, 2.75) is 31.8 Å². The van der Waals surface area contributed by atoms with E-state index in [1.54, 1.807) is 24.4 Å². The number of amides is 1. The Morgan fingerprint density at radius 1 is 1.17 bits per heavy atom. The molecule has 0 saturated carbocycles. The van der Waals surface area contributed by atoms with Gasteiger partial charge in [-0.3, -0.25) is 4.79 Å². The van der Waals surface area contributed by atoms with Crippen LogP contribution in [0.1, 0.15) is 21.8 Å². The Balaban J connectivity index is 1.58. The number of aryl methyl sites for hydroxylation is 2. The van der Waals surface area contributed by atoms with Gasteiger partial charge in [-0.2, -0.15) is 0 Å². The van der Waals surface area contributed by atoms with E-state index >= 15 is 0 Å². The highest BCUT2D eigenvalue weighted by atomic mass is 32.2. The molecule has 3 aromatic rings. The number of carbonyl (C=O) groups excluding carboxylic acids is 1. The normalized spacial score (nSPS) is 11.3. The average Bonchev–Trinajstić information content (AvgIpc) is 3.09. The summed E-state index contributed by atoms with van der Waals surface area (Å²) in [6.07, 6.45) is 0.0691. The third-order valence-corrected chi connectivity index (χ3v) is 6.03. The van der Waals surface area contributed by atoms with Crippen molar-refractivity contribution in [1.82, 2.24) is 4.98 Å². The predicted molar refractivity (Wildman–Crippen MR) is 113 cm³/mol. The van der Waals surface area contributed by atoms with E-state index in [9.17, 15) is 13.2 Å². The molecule has 0 fully saturated rings. The lowest BCUT2D eigenvalue weighted by atomic mass is 10.2. The Labute approximate surface area is 173 Å². The SMILES string of the molecule is Cc1ccc(OCc2nc(CC(=O)Nc3ccc(C)c(S(N)(=O)=O)c3)cs2)cc1. The van der Waals surface area contributed by atoms with E-state index in [0.717, 1.165) is 16.3 Å². The Morgan fingerprint density at radius 3 is 2.59 bits per heavy atom. The Hall–Kier alpha value is -2.75. The van der Waals surface area contributed by atoms with Gasteiger partial charge in [0.2, 0.25) is 15.9 Å². The topological polar surface area (TPSA) is 111 Å². The zero-order valence-electron chi connectivity index (χ0n) is 16.0. The van der Waals surface area contributed by atoms with Crippen LogP contribution >= 0.6 is 11.3 Å². The molecular formula is C20H21N3O4S2. The van der Waals surface area contributed by atoms with Crippen LogP contribution in [0.4, 0.5) is 5.69 Å². The molecule has 0 radical (unpaired) electrons. The van der Waals surface area contributed by atoms with Gasteiger partial charge in [-0.05, 0) is 43.7 Å². The van der Waals surface area contributed by atoms with E-state index in [1.807, 2.05) is 31.2 Å². The molecule has 3 N–H and O–H groups in total. The Kier molecular flexibility index (Phi) is 6.31. The van der Waals surface area contributed by atoms with Gasteiger partial charge < -0.3 is 10.1 Å². The number of rotatable bonds is 7. The molecule has 3 rings (SSSR count). The number of ether oxygens (including phenoxy) is 1. The number of hydrogen-bond acceptors (Lipinski definition) is 6. The van der Waals surface area contributed by atoms with Crippen molar-refractivity contribution < 1.29 is 17.9 Å². The van der Waals surface area contributed by atoms with Gasteiger partial charge in [-0.25, -0.2) is 18.5 Å². The maximum atomic E-state index is 12.3. The van der Waals surface area contributed by atoms with Gasteiger partial charge >= 0.3 is 0 Å². The summed E-state index contributed by atoms with van der Waals surface area (Å²) in [5.41, 5.74) is 2.66. The summed E-state index contributed by atoms with van der Waals surface area (Å²) >= 11 is 1.42. The lowest BCUT2D eigenvalue weighted by Gasteiger charge is -2.08. The van der Waals surface area contributed by atoms with Crippen molar-refractivity contribution >= 4 is 33.0 Å². The fourth-order valence-corrected chi connectivity index (χ4v) is 4.14. The number of hydrogen-bond donors (Lipinski definition) is 2. The number of anilines is 1. The first-order valence-corrected chi connectivity index (χ1v) is 11.2. The molecule has 1 amide bonds. The van der Waals surface area contributed by atoms with E-state index in [1.165, 1.54) is 17.4 Å². The minimum absolute atomic E-state index is 0.0144. The molecule has 29 heavy (non-hydrogen) atoms. The molecule has 7 nitrogen and oxygen atoms in total. The number of benzene rings is 2. The fourth-order valence-electron chi connectivity index (χ4n) is 2.63.